The van der Waals surface area contributed by atoms with Gasteiger partial charge in [0.15, 0.2) is 0 Å². The van der Waals surface area contributed by atoms with Gasteiger partial charge in [0.25, 0.3) is 0 Å². The van der Waals surface area contributed by atoms with Crippen molar-refractivity contribution < 1.29 is 9.47 Å². The van der Waals surface area contributed by atoms with Gasteiger partial charge in [0.1, 0.15) is 0 Å². The number of hydrogen-bond donors (Lipinski definition) is 0. The summed E-state index contributed by atoms with van der Waals surface area (Å²) in [5.74, 6) is 0.649. The van der Waals surface area contributed by atoms with Crippen LogP contribution in [0.25, 0.3) is 0 Å². The topological polar surface area (TPSA) is 37.8 Å². The van der Waals surface area contributed by atoms with E-state index < -0.39 is 0 Å². The van der Waals surface area contributed by atoms with E-state index in [4.69, 9.17) is 9.47 Å². The summed E-state index contributed by atoms with van der Waals surface area (Å²) in [4.78, 5) is 9.59. The summed E-state index contributed by atoms with van der Waals surface area (Å²) in [7, 11) is 3.62. The molecule has 0 aromatic carbocycles. The van der Waals surface area contributed by atoms with Crippen molar-refractivity contribution in [1.29, 1.82) is 0 Å². The van der Waals surface area contributed by atoms with Crippen LogP contribution in [0.3, 0.4) is 0 Å². The van der Waals surface area contributed by atoms with Crippen LogP contribution in [0.1, 0.15) is 18.5 Å². The van der Waals surface area contributed by atoms with Crippen molar-refractivity contribution in [2.75, 3.05) is 60.2 Å². The van der Waals surface area contributed by atoms with Gasteiger partial charge < -0.3 is 14.4 Å². The van der Waals surface area contributed by atoms with Crippen molar-refractivity contribution in [2.45, 2.75) is 19.4 Å². The molecule has 2 saturated heterocycles. The number of likely N-dealkylation sites (tertiary alicyclic amines) is 2. The lowest BCUT2D eigenvalue weighted by molar-refractivity contribution is 0.0344. The van der Waals surface area contributed by atoms with Crippen LogP contribution in [-0.2, 0) is 16.0 Å². The lowest BCUT2D eigenvalue weighted by Crippen LogP contribution is -2.45. The number of aromatic nitrogens is 1. The van der Waals surface area contributed by atoms with E-state index in [9.17, 15) is 0 Å². The zero-order chi connectivity index (χ0) is 16.8. The van der Waals surface area contributed by atoms with Crippen molar-refractivity contribution in [3.63, 3.8) is 0 Å². The maximum Gasteiger partial charge on any atom is 0.0589 e. The third-order valence-corrected chi connectivity index (χ3v) is 5.83. The molecular weight excluding hydrogens is 302 g/mol. The summed E-state index contributed by atoms with van der Waals surface area (Å²) in [5.41, 5.74) is 1.60. The first-order chi connectivity index (χ1) is 11.8. The quantitative estimate of drug-likeness (QED) is 0.762. The SMILES string of the molecule is COCCN1CC(COC)C2(CCN(Cc3ccccn3)CC2)C1. The van der Waals surface area contributed by atoms with Crippen LogP contribution in [0.4, 0.5) is 0 Å². The number of ether oxygens (including phenoxy) is 2. The second-order valence-corrected chi connectivity index (χ2v) is 7.34. The Morgan fingerprint density at radius 3 is 2.67 bits per heavy atom. The Labute approximate surface area is 145 Å². The molecule has 1 unspecified atom stereocenters. The number of pyridine rings is 1. The van der Waals surface area contributed by atoms with Gasteiger partial charge in [0.05, 0.1) is 18.9 Å². The van der Waals surface area contributed by atoms with Crippen molar-refractivity contribution in [2.24, 2.45) is 11.3 Å². The van der Waals surface area contributed by atoms with Crippen molar-refractivity contribution >= 4 is 0 Å². The average Bonchev–Trinajstić information content (AvgIpc) is 2.94. The molecule has 0 N–H and O–H groups in total. The fourth-order valence-electron chi connectivity index (χ4n) is 4.41. The van der Waals surface area contributed by atoms with Crippen LogP contribution in [0, 0.1) is 11.3 Å². The molecule has 0 amide bonds. The molecule has 24 heavy (non-hydrogen) atoms. The predicted molar refractivity (Wildman–Crippen MR) is 94.9 cm³/mol. The molecule has 1 aromatic rings. The zero-order valence-corrected chi connectivity index (χ0v) is 15.1. The van der Waals surface area contributed by atoms with Crippen LogP contribution >= 0.6 is 0 Å². The molecule has 2 fully saturated rings. The highest BCUT2D eigenvalue weighted by atomic mass is 16.5. The monoisotopic (exact) mass is 333 g/mol. The fourth-order valence-corrected chi connectivity index (χ4v) is 4.41. The minimum Gasteiger partial charge on any atom is -0.384 e. The van der Waals surface area contributed by atoms with Gasteiger partial charge in [-0.2, -0.15) is 0 Å². The Morgan fingerprint density at radius 1 is 1.17 bits per heavy atom. The molecule has 1 spiro atoms. The highest BCUT2D eigenvalue weighted by Crippen LogP contribution is 2.44. The Balaban J connectivity index is 1.57. The summed E-state index contributed by atoms with van der Waals surface area (Å²) >= 11 is 0. The summed E-state index contributed by atoms with van der Waals surface area (Å²) in [5, 5.41) is 0. The summed E-state index contributed by atoms with van der Waals surface area (Å²) in [6.45, 7) is 8.38. The van der Waals surface area contributed by atoms with E-state index in [1.165, 1.54) is 25.1 Å². The maximum absolute atomic E-state index is 5.55. The highest BCUT2D eigenvalue weighted by molar-refractivity contribution is 5.05. The molecule has 0 radical (unpaired) electrons. The van der Waals surface area contributed by atoms with Gasteiger partial charge in [0.2, 0.25) is 0 Å². The molecule has 5 heteroatoms. The Kier molecular flexibility index (Phi) is 6.22. The molecule has 0 saturated carbocycles. The summed E-state index contributed by atoms with van der Waals surface area (Å²) < 4.78 is 10.8. The molecule has 3 rings (SSSR count). The smallest absolute Gasteiger partial charge is 0.0589 e. The number of piperidine rings is 1. The number of hydrogen-bond acceptors (Lipinski definition) is 5. The summed E-state index contributed by atoms with van der Waals surface area (Å²) in [6.07, 6.45) is 4.41. The third kappa shape index (κ3) is 4.14. The second kappa shape index (κ2) is 8.39. The first kappa shape index (κ1) is 17.8. The minimum atomic E-state index is 0.421. The van der Waals surface area contributed by atoms with Crippen LogP contribution in [0.15, 0.2) is 24.4 Å². The van der Waals surface area contributed by atoms with E-state index >= 15 is 0 Å². The van der Waals surface area contributed by atoms with Gasteiger partial charge in [0, 0.05) is 52.5 Å². The second-order valence-electron chi connectivity index (χ2n) is 7.34. The Hall–Kier alpha value is -1.01. The highest BCUT2D eigenvalue weighted by Gasteiger charge is 2.47. The molecular formula is C19H31N3O2. The minimum absolute atomic E-state index is 0.421. The molecule has 1 aromatic heterocycles. The lowest BCUT2D eigenvalue weighted by atomic mass is 9.71. The molecule has 0 bridgehead atoms. The van der Waals surface area contributed by atoms with Crippen LogP contribution < -0.4 is 0 Å². The van der Waals surface area contributed by atoms with E-state index in [1.807, 2.05) is 19.4 Å². The predicted octanol–water partition coefficient (Wildman–Crippen LogP) is 1.89. The number of rotatable bonds is 7. The largest absolute Gasteiger partial charge is 0.384 e. The van der Waals surface area contributed by atoms with Gasteiger partial charge in [-0.15, -0.1) is 0 Å². The Morgan fingerprint density at radius 2 is 2.00 bits per heavy atom. The van der Waals surface area contributed by atoms with Crippen molar-refractivity contribution in [3.8, 4) is 0 Å². The zero-order valence-electron chi connectivity index (χ0n) is 15.1. The third-order valence-electron chi connectivity index (χ3n) is 5.83. The van der Waals surface area contributed by atoms with Crippen LogP contribution in [0.5, 0.6) is 0 Å². The van der Waals surface area contributed by atoms with Gasteiger partial charge >= 0.3 is 0 Å². The van der Waals surface area contributed by atoms with E-state index in [2.05, 4.69) is 26.9 Å². The molecule has 2 aliphatic heterocycles. The van der Waals surface area contributed by atoms with Crippen LogP contribution in [0.2, 0.25) is 0 Å². The van der Waals surface area contributed by atoms with E-state index in [0.29, 0.717) is 11.3 Å². The molecule has 3 heterocycles. The lowest BCUT2D eigenvalue weighted by Gasteiger charge is -2.42. The van der Waals surface area contributed by atoms with Gasteiger partial charge in [-0.1, -0.05) is 6.07 Å². The van der Waals surface area contributed by atoms with Crippen molar-refractivity contribution in [1.82, 2.24) is 14.8 Å². The molecule has 0 aliphatic carbocycles. The van der Waals surface area contributed by atoms with E-state index in [1.54, 1.807) is 7.11 Å². The maximum atomic E-state index is 5.55. The molecule has 1 atom stereocenters. The normalized spacial score (nSPS) is 24.7. The number of nitrogens with zero attached hydrogens (tertiary/aromatic N) is 3. The number of methoxy groups -OCH3 is 2. The Bertz CT molecular complexity index is 489. The van der Waals surface area contributed by atoms with Crippen LogP contribution in [-0.4, -0.2) is 74.9 Å². The van der Waals surface area contributed by atoms with Gasteiger partial charge in [-0.25, -0.2) is 0 Å². The van der Waals surface area contributed by atoms with Gasteiger partial charge in [-0.3, -0.25) is 9.88 Å². The fraction of sp³-hybridized carbons (Fsp3) is 0.737. The molecule has 5 nitrogen and oxygen atoms in total. The molecule has 134 valence electrons. The average molecular weight is 333 g/mol. The first-order valence-electron chi connectivity index (χ1n) is 9.08. The summed E-state index contributed by atoms with van der Waals surface area (Å²) in [6, 6.07) is 6.18. The van der Waals surface area contributed by atoms with Gasteiger partial charge in [-0.05, 0) is 43.5 Å². The van der Waals surface area contributed by atoms with E-state index in [0.717, 1.165) is 45.9 Å². The standard InChI is InChI=1S/C19H31N3O2/c1-23-12-11-22-13-17(15-24-2)19(16-22)6-9-21(10-7-19)14-18-5-3-4-8-20-18/h3-5,8,17H,6-7,9-16H2,1-2H3. The molecule has 2 aliphatic rings. The van der Waals surface area contributed by atoms with Crippen molar-refractivity contribution in [3.05, 3.63) is 30.1 Å². The first-order valence-corrected chi connectivity index (χ1v) is 9.08. The van der Waals surface area contributed by atoms with E-state index in [-0.39, 0.29) is 0 Å².